The molecule has 0 radical (unpaired) electrons. The zero-order valence-corrected chi connectivity index (χ0v) is 13.3. The third-order valence-electron chi connectivity index (χ3n) is 2.87. The summed E-state index contributed by atoms with van der Waals surface area (Å²) < 4.78 is 32.4. The summed E-state index contributed by atoms with van der Waals surface area (Å²) in [5.41, 5.74) is 0.498. The van der Waals surface area contributed by atoms with E-state index in [1.165, 1.54) is 20.5 Å². The van der Waals surface area contributed by atoms with Crippen LogP contribution in [0.3, 0.4) is 0 Å². The molecule has 0 aliphatic heterocycles. The van der Waals surface area contributed by atoms with E-state index in [0.29, 0.717) is 29.9 Å². The largest absolute Gasteiger partial charge is 0.493 e. The first kappa shape index (κ1) is 17.1. The first-order valence-electron chi connectivity index (χ1n) is 6.06. The molecule has 0 bridgehead atoms. The number of benzene rings is 1. The molecule has 0 aliphatic rings. The third kappa shape index (κ3) is 4.54. The standard InChI is InChI=1S/C13H19ClO5S/c1-18-11-7-6-9(12(14)13(11)19-2)10(15)5-4-8-20(3,16)17/h6-7,10,15H,4-5,8H2,1-3H3. The number of rotatable bonds is 7. The number of hydrogen-bond acceptors (Lipinski definition) is 5. The predicted octanol–water partition coefficient (Wildman–Crippen LogP) is 2.22. The topological polar surface area (TPSA) is 72.8 Å². The zero-order valence-electron chi connectivity index (χ0n) is 11.7. The number of halogens is 1. The number of hydrogen-bond donors (Lipinski definition) is 1. The van der Waals surface area contributed by atoms with Gasteiger partial charge in [0, 0.05) is 17.6 Å². The maximum Gasteiger partial charge on any atom is 0.179 e. The summed E-state index contributed by atoms with van der Waals surface area (Å²) in [4.78, 5) is 0. The van der Waals surface area contributed by atoms with E-state index in [4.69, 9.17) is 21.1 Å². The highest BCUT2D eigenvalue weighted by Gasteiger charge is 2.18. The fourth-order valence-electron chi connectivity index (χ4n) is 1.86. The van der Waals surface area contributed by atoms with Crippen LogP contribution >= 0.6 is 11.6 Å². The molecule has 7 heteroatoms. The lowest BCUT2D eigenvalue weighted by Gasteiger charge is -2.16. The second kappa shape index (κ2) is 7.15. The van der Waals surface area contributed by atoms with Crippen molar-refractivity contribution in [2.24, 2.45) is 0 Å². The highest BCUT2D eigenvalue weighted by Crippen LogP contribution is 2.40. The van der Waals surface area contributed by atoms with Crippen molar-refractivity contribution in [1.82, 2.24) is 0 Å². The number of aliphatic hydroxyl groups is 1. The lowest BCUT2D eigenvalue weighted by Crippen LogP contribution is -2.06. The average molecular weight is 323 g/mol. The van der Waals surface area contributed by atoms with Crippen molar-refractivity contribution in [3.05, 3.63) is 22.7 Å². The van der Waals surface area contributed by atoms with Gasteiger partial charge < -0.3 is 14.6 Å². The lowest BCUT2D eigenvalue weighted by molar-refractivity contribution is 0.166. The van der Waals surface area contributed by atoms with Gasteiger partial charge in [0.15, 0.2) is 11.5 Å². The second-order valence-corrected chi connectivity index (χ2v) is 7.13. The summed E-state index contributed by atoms with van der Waals surface area (Å²) in [5, 5.41) is 10.4. The molecule has 5 nitrogen and oxygen atoms in total. The van der Waals surface area contributed by atoms with Crippen molar-refractivity contribution in [2.75, 3.05) is 26.2 Å². The van der Waals surface area contributed by atoms with Crippen molar-refractivity contribution in [3.8, 4) is 11.5 Å². The normalized spacial score (nSPS) is 13.1. The monoisotopic (exact) mass is 322 g/mol. The van der Waals surface area contributed by atoms with E-state index in [0.717, 1.165) is 0 Å². The van der Waals surface area contributed by atoms with Gasteiger partial charge >= 0.3 is 0 Å². The van der Waals surface area contributed by atoms with Gasteiger partial charge in [-0.15, -0.1) is 0 Å². The van der Waals surface area contributed by atoms with Crippen LogP contribution in [-0.4, -0.2) is 39.8 Å². The van der Waals surface area contributed by atoms with Crippen molar-refractivity contribution in [1.29, 1.82) is 0 Å². The first-order chi connectivity index (χ1) is 9.30. The molecular formula is C13H19ClO5S. The molecule has 0 fully saturated rings. The van der Waals surface area contributed by atoms with Crippen LogP contribution in [0, 0.1) is 0 Å². The van der Waals surface area contributed by atoms with Crippen LogP contribution in [0.1, 0.15) is 24.5 Å². The highest BCUT2D eigenvalue weighted by atomic mass is 35.5. The number of methoxy groups -OCH3 is 2. The Hall–Kier alpha value is -0.980. The Balaban J connectivity index is 2.86. The van der Waals surface area contributed by atoms with Gasteiger partial charge in [-0.3, -0.25) is 0 Å². The van der Waals surface area contributed by atoms with E-state index in [1.54, 1.807) is 12.1 Å². The smallest absolute Gasteiger partial charge is 0.179 e. The minimum absolute atomic E-state index is 0.0367. The van der Waals surface area contributed by atoms with Crippen molar-refractivity contribution < 1.29 is 23.0 Å². The fraction of sp³-hybridized carbons (Fsp3) is 0.538. The molecule has 0 heterocycles. The van der Waals surface area contributed by atoms with E-state index < -0.39 is 15.9 Å². The summed E-state index contributed by atoms with van der Waals surface area (Å²) >= 11 is 6.17. The molecule has 0 spiro atoms. The maximum absolute atomic E-state index is 11.1. The van der Waals surface area contributed by atoms with Gasteiger partial charge in [-0.2, -0.15) is 0 Å². The Labute approximate surface area is 124 Å². The van der Waals surface area contributed by atoms with Gasteiger partial charge in [0.25, 0.3) is 0 Å². The Bertz CT molecular complexity index is 556. The average Bonchev–Trinajstić information content (AvgIpc) is 2.36. The molecule has 1 N–H and O–H groups in total. The van der Waals surface area contributed by atoms with Gasteiger partial charge in [0.05, 0.1) is 25.3 Å². The Morgan fingerprint density at radius 1 is 1.30 bits per heavy atom. The fourth-order valence-corrected chi connectivity index (χ4v) is 2.91. The Morgan fingerprint density at radius 2 is 1.95 bits per heavy atom. The minimum Gasteiger partial charge on any atom is -0.493 e. The molecule has 0 amide bonds. The van der Waals surface area contributed by atoms with Crippen LogP contribution in [0.5, 0.6) is 11.5 Å². The summed E-state index contributed by atoms with van der Waals surface area (Å²) in [6, 6.07) is 3.30. The highest BCUT2D eigenvalue weighted by molar-refractivity contribution is 7.90. The molecule has 20 heavy (non-hydrogen) atoms. The van der Waals surface area contributed by atoms with E-state index in [-0.39, 0.29) is 10.8 Å². The van der Waals surface area contributed by atoms with E-state index in [2.05, 4.69) is 0 Å². The Morgan fingerprint density at radius 3 is 2.45 bits per heavy atom. The quantitative estimate of drug-likeness (QED) is 0.833. The molecular weight excluding hydrogens is 304 g/mol. The van der Waals surface area contributed by atoms with Crippen molar-refractivity contribution in [2.45, 2.75) is 18.9 Å². The maximum atomic E-state index is 11.1. The lowest BCUT2D eigenvalue weighted by atomic mass is 10.0. The summed E-state index contributed by atoms with van der Waals surface area (Å²) in [6.07, 6.45) is 1.000. The van der Waals surface area contributed by atoms with Crippen LogP contribution < -0.4 is 9.47 Å². The molecule has 0 saturated carbocycles. The minimum atomic E-state index is -3.02. The van der Waals surface area contributed by atoms with Gasteiger partial charge in [-0.1, -0.05) is 17.7 Å². The third-order valence-corrected chi connectivity index (χ3v) is 4.29. The molecule has 1 aromatic carbocycles. The van der Waals surface area contributed by atoms with E-state index in [1.807, 2.05) is 0 Å². The van der Waals surface area contributed by atoms with Crippen LogP contribution in [0.15, 0.2) is 12.1 Å². The van der Waals surface area contributed by atoms with Gasteiger partial charge in [0.2, 0.25) is 0 Å². The number of ether oxygens (including phenoxy) is 2. The first-order valence-corrected chi connectivity index (χ1v) is 8.50. The zero-order chi connectivity index (χ0) is 15.3. The SMILES string of the molecule is COc1ccc(C(O)CCCS(C)(=O)=O)c(Cl)c1OC. The molecule has 1 unspecified atom stereocenters. The van der Waals surface area contributed by atoms with E-state index >= 15 is 0 Å². The second-order valence-electron chi connectivity index (χ2n) is 4.49. The summed E-state index contributed by atoms with van der Waals surface area (Å²) in [5.74, 6) is 0.869. The van der Waals surface area contributed by atoms with Crippen LogP contribution in [0.25, 0.3) is 0 Å². The molecule has 0 aromatic heterocycles. The molecule has 0 saturated heterocycles. The van der Waals surface area contributed by atoms with Gasteiger partial charge in [0.1, 0.15) is 9.84 Å². The van der Waals surface area contributed by atoms with E-state index in [9.17, 15) is 13.5 Å². The predicted molar refractivity (Wildman–Crippen MR) is 78.5 cm³/mol. The molecule has 1 rings (SSSR count). The summed E-state index contributed by atoms with van der Waals surface area (Å²) in [6.45, 7) is 0. The number of sulfone groups is 1. The molecule has 0 aliphatic carbocycles. The Kier molecular flexibility index (Phi) is 6.10. The molecule has 1 atom stereocenters. The molecule has 114 valence electrons. The summed E-state index contributed by atoms with van der Waals surface area (Å²) in [7, 11) is -0.0661. The number of aliphatic hydroxyl groups excluding tert-OH is 1. The van der Waals surface area contributed by atoms with Crippen molar-refractivity contribution in [3.63, 3.8) is 0 Å². The van der Waals surface area contributed by atoms with Crippen LogP contribution in [-0.2, 0) is 9.84 Å². The van der Waals surface area contributed by atoms with Gasteiger partial charge in [-0.05, 0) is 18.9 Å². The van der Waals surface area contributed by atoms with Gasteiger partial charge in [-0.25, -0.2) is 8.42 Å². The van der Waals surface area contributed by atoms with Crippen molar-refractivity contribution >= 4 is 21.4 Å². The van der Waals surface area contributed by atoms with Crippen LogP contribution in [0.4, 0.5) is 0 Å². The molecule has 1 aromatic rings. The van der Waals surface area contributed by atoms with Crippen LogP contribution in [0.2, 0.25) is 5.02 Å².